The zero-order chi connectivity index (χ0) is 26.4. The second-order valence-electron chi connectivity index (χ2n) is 8.53. The number of benzene rings is 3. The molecule has 1 atom stereocenters. The number of hydrogen-bond acceptors (Lipinski definition) is 6. The van der Waals surface area contributed by atoms with Crippen molar-refractivity contribution in [1.29, 1.82) is 0 Å². The van der Waals surface area contributed by atoms with Gasteiger partial charge in [-0.25, -0.2) is 0 Å². The lowest BCUT2D eigenvalue weighted by Gasteiger charge is -2.25. The first-order valence-electron chi connectivity index (χ1n) is 11.8. The van der Waals surface area contributed by atoms with E-state index in [1.807, 2.05) is 30.3 Å². The molecule has 1 amide bonds. The van der Waals surface area contributed by atoms with Gasteiger partial charge in [0.15, 0.2) is 0 Å². The quantitative estimate of drug-likeness (QED) is 0.167. The van der Waals surface area contributed by atoms with Crippen molar-refractivity contribution in [3.63, 3.8) is 0 Å². The maximum absolute atomic E-state index is 13.2. The average Bonchev–Trinajstić information content (AvgIpc) is 3.18. The van der Waals surface area contributed by atoms with Crippen LogP contribution in [-0.4, -0.2) is 49.1 Å². The summed E-state index contributed by atoms with van der Waals surface area (Å²) in [5, 5.41) is 11.6. The molecule has 4 rings (SSSR count). The topological polar surface area (TPSA) is 85.3 Å². The summed E-state index contributed by atoms with van der Waals surface area (Å²) in [5.41, 5.74) is 2.04. The first-order chi connectivity index (χ1) is 17.9. The summed E-state index contributed by atoms with van der Waals surface area (Å²) in [6.07, 6.45) is 0.535. The van der Waals surface area contributed by atoms with E-state index in [9.17, 15) is 14.7 Å². The average molecular weight is 522 g/mol. The Bertz CT molecular complexity index is 1290. The van der Waals surface area contributed by atoms with Gasteiger partial charge in [0.05, 0.1) is 23.7 Å². The van der Waals surface area contributed by atoms with Crippen LogP contribution < -0.4 is 9.47 Å². The highest BCUT2D eigenvalue weighted by atomic mass is 35.5. The van der Waals surface area contributed by atoms with Gasteiger partial charge in [-0.1, -0.05) is 54.1 Å². The Labute approximate surface area is 220 Å². The standard InChI is InChI=1S/C29H28ClNO6/c1-35-16-6-15-31-26(20-9-12-22(13-10-20)37-18-19-7-4-3-5-8-19)25(28(33)29(31)34)27(32)21-11-14-23(30)24(17-21)36-2/h3-5,7-14,17,26,32H,6,15-16,18H2,1-2H3/b27-25-. The van der Waals surface area contributed by atoms with Crippen LogP contribution in [0, 0.1) is 0 Å². The number of halogens is 1. The smallest absolute Gasteiger partial charge is 0.295 e. The number of ether oxygens (including phenoxy) is 3. The molecule has 3 aromatic rings. The molecule has 192 valence electrons. The third kappa shape index (κ3) is 5.79. The Balaban J connectivity index is 1.69. The van der Waals surface area contributed by atoms with Crippen molar-refractivity contribution in [2.75, 3.05) is 27.4 Å². The van der Waals surface area contributed by atoms with Crippen LogP contribution in [0.1, 0.15) is 29.2 Å². The first kappa shape index (κ1) is 26.3. The molecule has 0 bridgehead atoms. The maximum Gasteiger partial charge on any atom is 0.295 e. The van der Waals surface area contributed by atoms with Crippen molar-refractivity contribution in [1.82, 2.24) is 4.90 Å². The van der Waals surface area contributed by atoms with Gasteiger partial charge < -0.3 is 24.2 Å². The minimum Gasteiger partial charge on any atom is -0.507 e. The van der Waals surface area contributed by atoms with Gasteiger partial charge >= 0.3 is 0 Å². The summed E-state index contributed by atoms with van der Waals surface area (Å²) in [5.74, 6) is -0.730. The van der Waals surface area contributed by atoms with E-state index in [2.05, 4.69) is 0 Å². The highest BCUT2D eigenvalue weighted by Crippen LogP contribution is 2.40. The molecular formula is C29H28ClNO6. The van der Waals surface area contributed by atoms with E-state index in [0.717, 1.165) is 5.56 Å². The number of carbonyl (C=O) groups is 2. The van der Waals surface area contributed by atoms with Crippen LogP contribution in [0.2, 0.25) is 5.02 Å². The van der Waals surface area contributed by atoms with E-state index in [-0.39, 0.29) is 17.9 Å². The zero-order valence-electron chi connectivity index (χ0n) is 20.6. The number of nitrogens with zero attached hydrogens (tertiary/aromatic N) is 1. The number of likely N-dealkylation sites (tertiary alicyclic amines) is 1. The molecule has 0 aromatic heterocycles. The number of amides is 1. The van der Waals surface area contributed by atoms with E-state index >= 15 is 0 Å². The molecule has 1 heterocycles. The lowest BCUT2D eigenvalue weighted by atomic mass is 9.95. The van der Waals surface area contributed by atoms with Crippen LogP contribution in [-0.2, 0) is 20.9 Å². The highest BCUT2D eigenvalue weighted by Gasteiger charge is 2.45. The van der Waals surface area contributed by atoms with Gasteiger partial charge in [0.1, 0.15) is 23.9 Å². The third-order valence-electron chi connectivity index (χ3n) is 6.16. The van der Waals surface area contributed by atoms with Gasteiger partial charge in [-0.05, 0) is 47.9 Å². The monoisotopic (exact) mass is 521 g/mol. The largest absolute Gasteiger partial charge is 0.507 e. The predicted molar refractivity (Wildman–Crippen MR) is 141 cm³/mol. The molecule has 1 aliphatic heterocycles. The van der Waals surface area contributed by atoms with Crippen molar-refractivity contribution in [3.05, 3.63) is 100 Å². The summed E-state index contributed by atoms with van der Waals surface area (Å²) in [6, 6.07) is 20.9. The van der Waals surface area contributed by atoms with Gasteiger partial charge in [-0.3, -0.25) is 9.59 Å². The third-order valence-corrected chi connectivity index (χ3v) is 6.47. The van der Waals surface area contributed by atoms with Crippen molar-refractivity contribution >= 4 is 29.1 Å². The molecule has 7 nitrogen and oxygen atoms in total. The SMILES string of the molecule is COCCCN1C(=O)C(=O)/C(=C(\O)c2ccc(Cl)c(OC)c2)C1c1ccc(OCc2ccccc2)cc1. The van der Waals surface area contributed by atoms with E-state index in [0.29, 0.717) is 47.3 Å². The Kier molecular flexibility index (Phi) is 8.48. The number of hydrogen-bond donors (Lipinski definition) is 1. The number of ketones is 1. The summed E-state index contributed by atoms with van der Waals surface area (Å²) >= 11 is 6.14. The summed E-state index contributed by atoms with van der Waals surface area (Å²) in [4.78, 5) is 27.7. The van der Waals surface area contributed by atoms with Crippen LogP contribution in [0.3, 0.4) is 0 Å². The molecule has 1 aliphatic rings. The van der Waals surface area contributed by atoms with Crippen LogP contribution in [0.25, 0.3) is 5.76 Å². The molecule has 1 fully saturated rings. The Morgan fingerprint density at radius 1 is 1.00 bits per heavy atom. The van der Waals surface area contributed by atoms with E-state index in [1.54, 1.807) is 43.5 Å². The molecule has 0 aliphatic carbocycles. The van der Waals surface area contributed by atoms with E-state index in [4.69, 9.17) is 25.8 Å². The van der Waals surface area contributed by atoms with Crippen LogP contribution in [0.15, 0.2) is 78.4 Å². The molecule has 0 spiro atoms. The Morgan fingerprint density at radius 2 is 1.73 bits per heavy atom. The molecule has 3 aromatic carbocycles. The van der Waals surface area contributed by atoms with Crippen molar-refractivity contribution in [2.45, 2.75) is 19.1 Å². The normalized spacial score (nSPS) is 16.7. The minimum atomic E-state index is -0.776. The number of rotatable bonds is 10. The lowest BCUT2D eigenvalue weighted by Crippen LogP contribution is -2.31. The summed E-state index contributed by atoms with van der Waals surface area (Å²) < 4.78 is 16.3. The molecule has 0 radical (unpaired) electrons. The van der Waals surface area contributed by atoms with Crippen molar-refractivity contribution in [2.24, 2.45) is 0 Å². The molecule has 37 heavy (non-hydrogen) atoms. The lowest BCUT2D eigenvalue weighted by molar-refractivity contribution is -0.140. The van der Waals surface area contributed by atoms with Gasteiger partial charge in [-0.2, -0.15) is 0 Å². The minimum absolute atomic E-state index is 0.00439. The molecule has 1 unspecified atom stereocenters. The number of aliphatic hydroxyl groups excluding tert-OH is 1. The number of Topliss-reactive ketones (excluding diaryl/α,β-unsaturated/α-hetero) is 1. The van der Waals surface area contributed by atoms with Gasteiger partial charge in [-0.15, -0.1) is 0 Å². The zero-order valence-corrected chi connectivity index (χ0v) is 21.4. The number of aliphatic hydroxyl groups is 1. The molecule has 0 saturated carbocycles. The maximum atomic E-state index is 13.2. The number of methoxy groups -OCH3 is 2. The van der Waals surface area contributed by atoms with Crippen molar-refractivity contribution in [3.8, 4) is 11.5 Å². The summed E-state index contributed by atoms with van der Waals surface area (Å²) in [7, 11) is 3.04. The van der Waals surface area contributed by atoms with Gasteiger partial charge in [0.2, 0.25) is 0 Å². The molecule has 1 N–H and O–H groups in total. The van der Waals surface area contributed by atoms with Crippen molar-refractivity contribution < 1.29 is 28.9 Å². The van der Waals surface area contributed by atoms with Gasteiger partial charge in [0.25, 0.3) is 11.7 Å². The molecule has 1 saturated heterocycles. The fraction of sp³-hybridized carbons (Fsp3) is 0.241. The molecule has 8 heteroatoms. The number of carbonyl (C=O) groups excluding carboxylic acids is 2. The first-order valence-corrected chi connectivity index (χ1v) is 12.2. The highest BCUT2D eigenvalue weighted by molar-refractivity contribution is 6.46. The van der Waals surface area contributed by atoms with E-state index in [1.165, 1.54) is 18.1 Å². The Hall–Kier alpha value is -3.81. The summed E-state index contributed by atoms with van der Waals surface area (Å²) in [6.45, 7) is 1.13. The van der Waals surface area contributed by atoms with E-state index < -0.39 is 17.7 Å². The van der Waals surface area contributed by atoms with Crippen LogP contribution in [0.4, 0.5) is 0 Å². The van der Waals surface area contributed by atoms with Crippen LogP contribution in [0.5, 0.6) is 11.5 Å². The predicted octanol–water partition coefficient (Wildman–Crippen LogP) is 5.39. The molecular weight excluding hydrogens is 494 g/mol. The second kappa shape index (κ2) is 12.0. The fourth-order valence-electron chi connectivity index (χ4n) is 4.29. The Morgan fingerprint density at radius 3 is 2.41 bits per heavy atom. The van der Waals surface area contributed by atoms with Crippen LogP contribution >= 0.6 is 11.6 Å². The second-order valence-corrected chi connectivity index (χ2v) is 8.94. The van der Waals surface area contributed by atoms with Gasteiger partial charge in [0, 0.05) is 25.8 Å². The fourth-order valence-corrected chi connectivity index (χ4v) is 4.48.